The molecule has 0 radical (unpaired) electrons. The molecule has 5 fully saturated rings. The number of rotatable bonds is 9. The average Bonchev–Trinajstić information content (AvgIpc) is 2.90. The summed E-state index contributed by atoms with van der Waals surface area (Å²) < 4.78 is 10.9. The van der Waals surface area contributed by atoms with Crippen molar-refractivity contribution in [3.05, 3.63) is 17.7 Å². The summed E-state index contributed by atoms with van der Waals surface area (Å²) in [6.45, 7) is 3.87. The minimum Gasteiger partial charge on any atom is -0.469 e. The average molecular weight is 530 g/mol. The number of pyridine rings is 1. The highest BCUT2D eigenvalue weighted by Gasteiger charge is 2.57. The summed E-state index contributed by atoms with van der Waals surface area (Å²) in [7, 11) is 5.34. The number of ether oxygens (including phenoxy) is 2. The van der Waals surface area contributed by atoms with E-state index >= 15 is 0 Å². The van der Waals surface area contributed by atoms with E-state index in [9.17, 15) is 9.59 Å². The highest BCUT2D eigenvalue weighted by Crippen LogP contribution is 2.58. The molecule has 4 saturated carbocycles. The van der Waals surface area contributed by atoms with Gasteiger partial charge in [0.15, 0.2) is 0 Å². The Hall–Kier alpha value is -1.80. The molecule has 2 heterocycles. The molecule has 0 N–H and O–H groups in total. The Morgan fingerprint density at radius 3 is 2.62 bits per heavy atom. The van der Waals surface area contributed by atoms with Crippen LogP contribution in [0.1, 0.15) is 75.1 Å². The molecule has 2 unspecified atom stereocenters. The number of amides is 1. The van der Waals surface area contributed by atoms with Crippen molar-refractivity contribution in [1.29, 1.82) is 0 Å². The molecule has 3 atom stereocenters. The van der Waals surface area contributed by atoms with E-state index in [1.807, 2.05) is 26.3 Å². The first-order valence-corrected chi connectivity index (χ1v) is 15.1. The predicted octanol–water partition coefficient (Wildman–Crippen LogP) is 5.03. The minimum absolute atomic E-state index is 0.0440. The Kier molecular flexibility index (Phi) is 8.06. The second-order valence-corrected chi connectivity index (χ2v) is 13.0. The number of hydrogen-bond acceptors (Lipinski definition) is 7. The molecule has 0 aromatic carbocycles. The van der Waals surface area contributed by atoms with Gasteiger partial charge in [-0.2, -0.15) is 0 Å². The summed E-state index contributed by atoms with van der Waals surface area (Å²) in [6, 6.07) is 4.29. The van der Waals surface area contributed by atoms with Crippen molar-refractivity contribution in [2.75, 3.05) is 45.0 Å². The highest BCUT2D eigenvalue weighted by atomic mass is 32.2. The number of methoxy groups -OCH3 is 2. The van der Waals surface area contributed by atoms with E-state index in [2.05, 4.69) is 16.7 Å². The van der Waals surface area contributed by atoms with Crippen LogP contribution >= 0.6 is 11.8 Å². The van der Waals surface area contributed by atoms with Gasteiger partial charge < -0.3 is 19.3 Å². The number of carbonyl (C=O) groups is 2. The molecular weight excluding hydrogens is 486 g/mol. The van der Waals surface area contributed by atoms with Gasteiger partial charge in [-0.05, 0) is 92.9 Å². The first-order chi connectivity index (χ1) is 17.9. The highest BCUT2D eigenvalue weighted by molar-refractivity contribution is 7.99. The molecule has 37 heavy (non-hydrogen) atoms. The fourth-order valence-electron chi connectivity index (χ4n) is 7.97. The molecule has 1 saturated heterocycles. The number of thioether (sulfide) groups is 1. The lowest BCUT2D eigenvalue weighted by Gasteiger charge is -2.60. The smallest absolute Gasteiger partial charge is 0.305 e. The van der Waals surface area contributed by atoms with Crippen LogP contribution in [0.3, 0.4) is 0 Å². The first-order valence-electron chi connectivity index (χ1n) is 14.1. The van der Waals surface area contributed by atoms with Crippen molar-refractivity contribution in [3.63, 3.8) is 0 Å². The van der Waals surface area contributed by atoms with Gasteiger partial charge in [-0.3, -0.25) is 9.59 Å². The molecule has 1 aromatic heterocycles. The Bertz CT molecular complexity index is 987. The largest absolute Gasteiger partial charge is 0.469 e. The van der Waals surface area contributed by atoms with E-state index in [0.29, 0.717) is 18.3 Å². The van der Waals surface area contributed by atoms with E-state index < -0.39 is 0 Å². The second-order valence-electron chi connectivity index (χ2n) is 11.9. The Morgan fingerprint density at radius 1 is 1.19 bits per heavy atom. The standard InChI is InChI=1S/C29H43N3O4S/c1-5-11-37-27-23(8-9-24(30-27)32-10-6-7-19(18-32)14-25(33)35-3)28(34)31(2)26-21-12-20-13-22(26)17-29(15-20,16-21)36-4/h8-9,19-22,26H,5-7,10-18H2,1-4H3/t19-,20?,21?,22?,26-,29-/m0/s1. The summed E-state index contributed by atoms with van der Waals surface area (Å²) in [5, 5.41) is 0.837. The van der Waals surface area contributed by atoms with Crippen molar-refractivity contribution in [2.24, 2.45) is 23.7 Å². The van der Waals surface area contributed by atoms with E-state index in [1.54, 1.807) is 11.8 Å². The zero-order chi connectivity index (χ0) is 26.2. The number of nitrogens with zero attached hydrogens (tertiary/aromatic N) is 3. The van der Waals surface area contributed by atoms with Gasteiger partial charge >= 0.3 is 5.97 Å². The van der Waals surface area contributed by atoms with Gasteiger partial charge in [-0.25, -0.2) is 4.98 Å². The topological polar surface area (TPSA) is 72.0 Å². The number of piperidine rings is 1. The molecule has 8 heteroatoms. The molecule has 7 nitrogen and oxygen atoms in total. The molecule has 6 rings (SSSR count). The van der Waals surface area contributed by atoms with Crippen LogP contribution in [0.5, 0.6) is 0 Å². The lowest BCUT2D eigenvalue weighted by Crippen LogP contribution is -2.62. The van der Waals surface area contributed by atoms with Crippen LogP contribution in [0.25, 0.3) is 0 Å². The maximum atomic E-state index is 14.0. The van der Waals surface area contributed by atoms with Gasteiger partial charge in [-0.1, -0.05) is 6.92 Å². The Morgan fingerprint density at radius 2 is 1.95 bits per heavy atom. The van der Waals surface area contributed by atoms with E-state index in [0.717, 1.165) is 73.3 Å². The molecule has 1 amide bonds. The van der Waals surface area contributed by atoms with Crippen molar-refractivity contribution < 1.29 is 19.1 Å². The van der Waals surface area contributed by atoms with Crippen LogP contribution in [0.15, 0.2) is 17.2 Å². The van der Waals surface area contributed by atoms with Gasteiger partial charge in [0, 0.05) is 39.7 Å². The van der Waals surface area contributed by atoms with Crippen molar-refractivity contribution in [2.45, 2.75) is 81.4 Å². The van der Waals surface area contributed by atoms with E-state index in [1.165, 1.54) is 26.4 Å². The zero-order valence-corrected chi connectivity index (χ0v) is 23.7. The molecule has 1 aliphatic heterocycles. The van der Waals surface area contributed by atoms with E-state index in [4.69, 9.17) is 14.5 Å². The van der Waals surface area contributed by atoms with E-state index in [-0.39, 0.29) is 29.4 Å². The van der Waals surface area contributed by atoms with Gasteiger partial charge in [0.25, 0.3) is 5.91 Å². The van der Waals surface area contributed by atoms with Crippen LogP contribution in [0.2, 0.25) is 0 Å². The number of anilines is 1. The molecule has 4 bridgehead atoms. The van der Waals surface area contributed by atoms with Crippen LogP contribution in [-0.2, 0) is 14.3 Å². The summed E-state index contributed by atoms with van der Waals surface area (Å²) in [5.41, 5.74) is 0.769. The minimum atomic E-state index is -0.149. The normalized spacial score (nSPS) is 32.4. The van der Waals surface area contributed by atoms with Gasteiger partial charge in [0.1, 0.15) is 10.8 Å². The van der Waals surface area contributed by atoms with Crippen molar-refractivity contribution in [1.82, 2.24) is 9.88 Å². The van der Waals surface area contributed by atoms with Gasteiger partial charge in [-0.15, -0.1) is 11.8 Å². The lowest BCUT2D eigenvalue weighted by molar-refractivity contribution is -0.168. The monoisotopic (exact) mass is 529 g/mol. The maximum absolute atomic E-state index is 14.0. The third-order valence-corrected chi connectivity index (χ3v) is 10.6. The lowest BCUT2D eigenvalue weighted by atomic mass is 9.52. The number of carbonyl (C=O) groups excluding carboxylic acids is 2. The fourth-order valence-corrected chi connectivity index (χ4v) is 8.83. The third-order valence-electron chi connectivity index (χ3n) is 9.41. The molecule has 5 aliphatic rings. The van der Waals surface area contributed by atoms with Gasteiger partial charge in [0.2, 0.25) is 0 Å². The summed E-state index contributed by atoms with van der Waals surface area (Å²) in [6.07, 6.45) is 9.32. The molecular formula is C29H43N3O4S. The Balaban J connectivity index is 1.34. The first kappa shape index (κ1) is 26.8. The molecule has 1 aromatic rings. The molecule has 4 aliphatic carbocycles. The maximum Gasteiger partial charge on any atom is 0.305 e. The predicted molar refractivity (Wildman–Crippen MR) is 146 cm³/mol. The van der Waals surface area contributed by atoms with Crippen LogP contribution in [0.4, 0.5) is 5.82 Å². The summed E-state index contributed by atoms with van der Waals surface area (Å²) in [4.78, 5) is 35.2. The van der Waals surface area contributed by atoms with Crippen LogP contribution in [0, 0.1) is 23.7 Å². The second kappa shape index (κ2) is 11.1. The number of esters is 1. The van der Waals surface area contributed by atoms with Crippen molar-refractivity contribution >= 4 is 29.5 Å². The molecule has 0 spiro atoms. The quantitative estimate of drug-likeness (QED) is 0.328. The van der Waals surface area contributed by atoms with Crippen LogP contribution < -0.4 is 4.90 Å². The summed E-state index contributed by atoms with van der Waals surface area (Å²) >= 11 is 1.69. The Labute approximate surface area is 226 Å². The zero-order valence-electron chi connectivity index (χ0n) is 22.9. The molecule has 204 valence electrons. The number of aromatic nitrogens is 1. The SMILES string of the molecule is CCCSc1nc(N2CCC[C@@H](CC(=O)OC)C2)ccc1C(=O)N(C)[C@H]1C2CC3CC1C[C@](OC)(C3)C2. The number of hydrogen-bond donors (Lipinski definition) is 0. The fraction of sp³-hybridized carbons (Fsp3) is 0.759. The third kappa shape index (κ3) is 5.38. The van der Waals surface area contributed by atoms with Gasteiger partial charge in [0.05, 0.1) is 18.3 Å². The van der Waals surface area contributed by atoms with Crippen LogP contribution in [-0.4, -0.2) is 73.5 Å². The summed E-state index contributed by atoms with van der Waals surface area (Å²) in [5.74, 6) is 3.87. The van der Waals surface area contributed by atoms with Crippen molar-refractivity contribution in [3.8, 4) is 0 Å².